The zero-order valence-electron chi connectivity index (χ0n) is 13.9. The molecule has 3 rings (SSSR count). The Labute approximate surface area is 140 Å². The van der Waals surface area contributed by atoms with E-state index in [1.54, 1.807) is 13.8 Å². The zero-order valence-corrected chi connectivity index (χ0v) is 13.9. The molecule has 0 amide bonds. The van der Waals surface area contributed by atoms with Crippen molar-refractivity contribution in [2.75, 3.05) is 5.32 Å². The van der Waals surface area contributed by atoms with Gasteiger partial charge in [0.05, 0.1) is 17.1 Å². The van der Waals surface area contributed by atoms with Crippen LogP contribution in [0.15, 0.2) is 48.5 Å². The van der Waals surface area contributed by atoms with Gasteiger partial charge in [-0.25, -0.2) is 14.8 Å². The predicted octanol–water partition coefficient (Wildman–Crippen LogP) is 4.25. The Morgan fingerprint density at radius 1 is 1.00 bits per heavy atom. The fourth-order valence-electron chi connectivity index (χ4n) is 2.27. The molecule has 5 nitrogen and oxygen atoms in total. The predicted molar refractivity (Wildman–Crippen MR) is 94.6 cm³/mol. The van der Waals surface area contributed by atoms with Crippen molar-refractivity contribution < 1.29 is 9.53 Å². The monoisotopic (exact) mass is 321 g/mol. The van der Waals surface area contributed by atoms with Crippen molar-refractivity contribution in [1.82, 2.24) is 9.97 Å². The number of ether oxygens (including phenoxy) is 1. The maximum absolute atomic E-state index is 12.4. The van der Waals surface area contributed by atoms with Gasteiger partial charge in [0.15, 0.2) is 11.5 Å². The average molecular weight is 321 g/mol. The Kier molecular flexibility index (Phi) is 4.42. The Hall–Kier alpha value is -2.95. The van der Waals surface area contributed by atoms with Crippen LogP contribution in [-0.4, -0.2) is 22.0 Å². The molecule has 0 spiro atoms. The Balaban J connectivity index is 2.05. The number of esters is 1. The molecule has 0 fully saturated rings. The summed E-state index contributed by atoms with van der Waals surface area (Å²) in [6, 6.07) is 15.3. The second-order valence-corrected chi connectivity index (χ2v) is 5.85. The molecule has 0 radical (unpaired) electrons. The summed E-state index contributed by atoms with van der Waals surface area (Å²) < 4.78 is 5.30. The highest BCUT2D eigenvalue weighted by Gasteiger charge is 2.19. The Morgan fingerprint density at radius 3 is 2.25 bits per heavy atom. The highest BCUT2D eigenvalue weighted by Crippen LogP contribution is 2.22. The number of anilines is 2. The quantitative estimate of drug-likeness (QED) is 0.728. The van der Waals surface area contributed by atoms with Crippen LogP contribution in [0.3, 0.4) is 0 Å². The molecule has 5 heteroatoms. The molecule has 0 aliphatic rings. The molecule has 24 heavy (non-hydrogen) atoms. The first-order chi connectivity index (χ1) is 11.5. The summed E-state index contributed by atoms with van der Waals surface area (Å²) in [5.74, 6) is -0.0962. The van der Waals surface area contributed by atoms with Crippen LogP contribution in [0.5, 0.6) is 0 Å². The fourth-order valence-corrected chi connectivity index (χ4v) is 2.27. The first-order valence-electron chi connectivity index (χ1n) is 7.84. The molecule has 0 saturated carbocycles. The van der Waals surface area contributed by atoms with Crippen molar-refractivity contribution >= 4 is 28.5 Å². The number of para-hydroxylation sites is 2. The second kappa shape index (κ2) is 6.66. The molecule has 0 unspecified atom stereocenters. The number of fused-ring (bicyclic) bond motifs is 1. The van der Waals surface area contributed by atoms with E-state index in [1.807, 2.05) is 55.5 Å². The summed E-state index contributed by atoms with van der Waals surface area (Å²) in [4.78, 5) is 21.4. The molecule has 0 atom stereocenters. The SMILES string of the molecule is Cc1ccc(Nc2nc3ccccc3nc2C(=O)OC(C)C)cc1. The average Bonchev–Trinajstić information content (AvgIpc) is 2.55. The smallest absolute Gasteiger partial charge is 0.361 e. The minimum Gasteiger partial charge on any atom is -0.458 e. The second-order valence-electron chi connectivity index (χ2n) is 5.85. The van der Waals surface area contributed by atoms with Crippen LogP contribution in [0.4, 0.5) is 11.5 Å². The maximum Gasteiger partial charge on any atom is 0.361 e. The number of rotatable bonds is 4. The van der Waals surface area contributed by atoms with Crippen LogP contribution in [0, 0.1) is 6.92 Å². The van der Waals surface area contributed by atoms with Gasteiger partial charge in [0.2, 0.25) is 0 Å². The van der Waals surface area contributed by atoms with Crippen LogP contribution in [-0.2, 0) is 4.74 Å². The van der Waals surface area contributed by atoms with Gasteiger partial charge in [-0.2, -0.15) is 0 Å². The number of carbonyl (C=O) groups excluding carboxylic acids is 1. The van der Waals surface area contributed by atoms with E-state index in [4.69, 9.17) is 4.74 Å². The molecule has 1 aromatic heterocycles. The van der Waals surface area contributed by atoms with Gasteiger partial charge in [-0.1, -0.05) is 29.8 Å². The third kappa shape index (κ3) is 3.51. The topological polar surface area (TPSA) is 64.1 Å². The number of aryl methyl sites for hydroxylation is 1. The van der Waals surface area contributed by atoms with Gasteiger partial charge < -0.3 is 10.1 Å². The molecule has 122 valence electrons. The number of hydrogen-bond acceptors (Lipinski definition) is 5. The number of nitrogens with zero attached hydrogens (tertiary/aromatic N) is 2. The highest BCUT2D eigenvalue weighted by molar-refractivity contribution is 5.96. The van der Waals surface area contributed by atoms with E-state index in [0.29, 0.717) is 16.9 Å². The lowest BCUT2D eigenvalue weighted by Gasteiger charge is -2.13. The Bertz CT molecular complexity index is 873. The summed E-state index contributed by atoms with van der Waals surface area (Å²) in [5, 5.41) is 3.17. The third-order valence-electron chi connectivity index (χ3n) is 3.42. The number of hydrogen-bond donors (Lipinski definition) is 1. The van der Waals surface area contributed by atoms with E-state index in [1.165, 1.54) is 0 Å². The minimum atomic E-state index is -0.488. The van der Waals surface area contributed by atoms with Crippen molar-refractivity contribution in [3.05, 3.63) is 59.8 Å². The van der Waals surface area contributed by atoms with Gasteiger partial charge in [-0.3, -0.25) is 0 Å². The third-order valence-corrected chi connectivity index (χ3v) is 3.42. The van der Waals surface area contributed by atoms with Crippen LogP contribution < -0.4 is 5.32 Å². The molecular formula is C19H19N3O2. The number of nitrogens with one attached hydrogen (secondary N) is 1. The van der Waals surface area contributed by atoms with E-state index >= 15 is 0 Å². The van der Waals surface area contributed by atoms with Crippen molar-refractivity contribution in [1.29, 1.82) is 0 Å². The highest BCUT2D eigenvalue weighted by atomic mass is 16.5. The lowest BCUT2D eigenvalue weighted by atomic mass is 10.2. The van der Waals surface area contributed by atoms with E-state index in [9.17, 15) is 4.79 Å². The standard InChI is InChI=1S/C19H19N3O2/c1-12(2)24-19(23)17-18(20-14-10-8-13(3)9-11-14)22-16-7-5-4-6-15(16)21-17/h4-12H,1-3H3,(H,20,22). The van der Waals surface area contributed by atoms with Crippen LogP contribution in [0.1, 0.15) is 29.9 Å². The molecular weight excluding hydrogens is 302 g/mol. The molecule has 3 aromatic rings. The largest absolute Gasteiger partial charge is 0.458 e. The van der Waals surface area contributed by atoms with Gasteiger partial charge in [-0.05, 0) is 45.0 Å². The molecule has 1 N–H and O–H groups in total. The van der Waals surface area contributed by atoms with Crippen LogP contribution in [0.25, 0.3) is 11.0 Å². The molecule has 1 heterocycles. The maximum atomic E-state index is 12.4. The molecule has 2 aromatic carbocycles. The van der Waals surface area contributed by atoms with Gasteiger partial charge in [0.1, 0.15) is 0 Å². The van der Waals surface area contributed by atoms with Crippen molar-refractivity contribution in [2.24, 2.45) is 0 Å². The minimum absolute atomic E-state index is 0.183. The van der Waals surface area contributed by atoms with Crippen molar-refractivity contribution in [2.45, 2.75) is 26.9 Å². The van der Waals surface area contributed by atoms with E-state index in [-0.39, 0.29) is 11.8 Å². The van der Waals surface area contributed by atoms with Crippen LogP contribution in [0.2, 0.25) is 0 Å². The van der Waals surface area contributed by atoms with Gasteiger partial charge in [0, 0.05) is 5.69 Å². The Morgan fingerprint density at radius 2 is 1.62 bits per heavy atom. The summed E-state index contributed by atoms with van der Waals surface area (Å²) >= 11 is 0. The first-order valence-corrected chi connectivity index (χ1v) is 7.84. The van der Waals surface area contributed by atoms with Gasteiger partial charge >= 0.3 is 5.97 Å². The van der Waals surface area contributed by atoms with E-state index < -0.39 is 5.97 Å². The normalized spacial score (nSPS) is 10.8. The lowest BCUT2D eigenvalue weighted by Crippen LogP contribution is -2.16. The molecule has 0 aliphatic heterocycles. The molecule has 0 saturated heterocycles. The molecule has 0 aliphatic carbocycles. The number of aromatic nitrogens is 2. The van der Waals surface area contributed by atoms with Gasteiger partial charge in [-0.15, -0.1) is 0 Å². The summed E-state index contributed by atoms with van der Waals surface area (Å²) in [7, 11) is 0. The summed E-state index contributed by atoms with van der Waals surface area (Å²) in [6.45, 7) is 5.63. The number of carbonyl (C=O) groups is 1. The molecule has 0 bridgehead atoms. The van der Waals surface area contributed by atoms with Crippen molar-refractivity contribution in [3.63, 3.8) is 0 Å². The zero-order chi connectivity index (χ0) is 17.1. The van der Waals surface area contributed by atoms with Crippen molar-refractivity contribution in [3.8, 4) is 0 Å². The van der Waals surface area contributed by atoms with Gasteiger partial charge in [0.25, 0.3) is 0 Å². The lowest BCUT2D eigenvalue weighted by molar-refractivity contribution is 0.0372. The first kappa shape index (κ1) is 15.9. The van der Waals surface area contributed by atoms with Crippen LogP contribution >= 0.6 is 0 Å². The fraction of sp³-hybridized carbons (Fsp3) is 0.211. The van der Waals surface area contributed by atoms with E-state index in [2.05, 4.69) is 15.3 Å². The summed E-state index contributed by atoms with van der Waals surface area (Å²) in [5.41, 5.74) is 3.55. The summed E-state index contributed by atoms with van der Waals surface area (Å²) in [6.07, 6.45) is -0.224. The number of benzene rings is 2. The van der Waals surface area contributed by atoms with E-state index in [0.717, 1.165) is 11.3 Å².